The van der Waals surface area contributed by atoms with Gasteiger partial charge in [-0.05, 0) is 37.1 Å². The molecule has 3 aromatic heterocycles. The SMILES string of the molecule is C=CC(=O)N1CCC(n2nc(C(=O)Nc3nc4cc(C)ccc4o3)c3c(N)ncnc32)C1. The molecule has 11 heteroatoms. The molecular formula is C21H20N8O3. The molecule has 3 N–H and O–H groups in total. The minimum Gasteiger partial charge on any atom is -0.423 e. The number of hydrogen-bond acceptors (Lipinski definition) is 8. The van der Waals surface area contributed by atoms with Crippen LogP contribution in [0, 0.1) is 6.92 Å². The van der Waals surface area contributed by atoms with Crippen LogP contribution in [0.2, 0.25) is 0 Å². The smallest absolute Gasteiger partial charge is 0.302 e. The molecule has 0 radical (unpaired) electrons. The summed E-state index contributed by atoms with van der Waals surface area (Å²) in [6.07, 6.45) is 3.26. The van der Waals surface area contributed by atoms with Crippen molar-refractivity contribution in [2.24, 2.45) is 0 Å². The molecule has 4 aromatic rings. The van der Waals surface area contributed by atoms with Crippen LogP contribution in [-0.2, 0) is 4.79 Å². The normalized spacial score (nSPS) is 16.0. The maximum absolute atomic E-state index is 13.1. The zero-order chi connectivity index (χ0) is 22.4. The number of amides is 2. The van der Waals surface area contributed by atoms with E-state index in [1.807, 2.05) is 19.1 Å². The second-order valence-electron chi connectivity index (χ2n) is 7.63. The highest BCUT2D eigenvalue weighted by atomic mass is 16.4. The van der Waals surface area contributed by atoms with Gasteiger partial charge in [-0.25, -0.2) is 14.6 Å². The van der Waals surface area contributed by atoms with Crippen LogP contribution in [0.25, 0.3) is 22.1 Å². The Kier molecular flexibility index (Phi) is 4.58. The van der Waals surface area contributed by atoms with Gasteiger partial charge in [0, 0.05) is 13.1 Å². The van der Waals surface area contributed by atoms with Crippen molar-refractivity contribution in [2.45, 2.75) is 19.4 Å². The highest BCUT2D eigenvalue weighted by molar-refractivity contribution is 6.12. The number of rotatable bonds is 4. The Balaban J connectivity index is 1.50. The van der Waals surface area contributed by atoms with Crippen LogP contribution in [-0.4, -0.2) is 54.5 Å². The van der Waals surface area contributed by atoms with Gasteiger partial charge in [0.1, 0.15) is 17.7 Å². The first-order valence-electron chi connectivity index (χ1n) is 10.0. The quantitative estimate of drug-likeness (QED) is 0.466. The van der Waals surface area contributed by atoms with Gasteiger partial charge in [-0.2, -0.15) is 10.1 Å². The standard InChI is InChI=1S/C21H20N8O3/c1-3-15(30)28-7-6-12(9-28)29-19-16(18(22)23-10-24-19)17(27-29)20(31)26-21-25-13-8-11(2)4-5-14(13)32-21/h3-5,8,10,12H,1,6-7,9H2,2H3,(H2,22,23,24)(H,25,26,31). The summed E-state index contributed by atoms with van der Waals surface area (Å²) in [5.41, 5.74) is 8.78. The highest BCUT2D eigenvalue weighted by Gasteiger charge is 2.31. The molecule has 0 aliphatic carbocycles. The topological polar surface area (TPSA) is 145 Å². The fourth-order valence-corrected chi connectivity index (χ4v) is 3.93. The Morgan fingerprint density at radius 2 is 2.19 bits per heavy atom. The van der Waals surface area contributed by atoms with Gasteiger partial charge in [0.15, 0.2) is 16.9 Å². The van der Waals surface area contributed by atoms with Crippen LogP contribution >= 0.6 is 0 Å². The highest BCUT2D eigenvalue weighted by Crippen LogP contribution is 2.29. The van der Waals surface area contributed by atoms with Crippen molar-refractivity contribution in [1.29, 1.82) is 0 Å². The Morgan fingerprint density at radius 1 is 1.34 bits per heavy atom. The molecule has 1 aliphatic rings. The predicted molar refractivity (Wildman–Crippen MR) is 117 cm³/mol. The summed E-state index contributed by atoms with van der Waals surface area (Å²) >= 11 is 0. The van der Waals surface area contributed by atoms with Crippen molar-refractivity contribution < 1.29 is 14.0 Å². The summed E-state index contributed by atoms with van der Waals surface area (Å²) in [6.45, 7) is 6.46. The molecule has 1 saturated heterocycles. The number of anilines is 2. The zero-order valence-electron chi connectivity index (χ0n) is 17.3. The number of likely N-dealkylation sites (tertiary alicyclic amines) is 1. The van der Waals surface area contributed by atoms with Crippen LogP contribution in [0.1, 0.15) is 28.5 Å². The fraction of sp³-hybridized carbons (Fsp3) is 0.238. The largest absolute Gasteiger partial charge is 0.423 e. The number of carbonyl (C=O) groups excluding carboxylic acids is 2. The van der Waals surface area contributed by atoms with Crippen molar-refractivity contribution in [2.75, 3.05) is 24.1 Å². The lowest BCUT2D eigenvalue weighted by Gasteiger charge is -2.14. The lowest BCUT2D eigenvalue weighted by molar-refractivity contribution is -0.125. The van der Waals surface area contributed by atoms with Crippen LogP contribution in [0.3, 0.4) is 0 Å². The third kappa shape index (κ3) is 3.23. The predicted octanol–water partition coefficient (Wildman–Crippen LogP) is 2.07. The van der Waals surface area contributed by atoms with Gasteiger partial charge in [-0.3, -0.25) is 14.9 Å². The van der Waals surface area contributed by atoms with E-state index in [0.717, 1.165) is 5.56 Å². The maximum atomic E-state index is 13.1. The summed E-state index contributed by atoms with van der Waals surface area (Å²) in [6, 6.07) is 5.44. The van der Waals surface area contributed by atoms with Gasteiger partial charge in [0.05, 0.1) is 11.4 Å². The van der Waals surface area contributed by atoms with Crippen LogP contribution in [0.15, 0.2) is 41.6 Å². The minimum atomic E-state index is -0.546. The van der Waals surface area contributed by atoms with E-state index in [0.29, 0.717) is 41.6 Å². The first-order chi connectivity index (χ1) is 15.4. The molecule has 0 spiro atoms. The average molecular weight is 432 g/mol. The van der Waals surface area contributed by atoms with E-state index in [1.165, 1.54) is 12.4 Å². The number of hydrogen-bond donors (Lipinski definition) is 2. The first-order valence-corrected chi connectivity index (χ1v) is 10.0. The molecule has 1 fully saturated rings. The number of benzene rings is 1. The van der Waals surface area contributed by atoms with Gasteiger partial charge in [0.2, 0.25) is 5.91 Å². The number of nitrogen functional groups attached to an aromatic ring is 1. The average Bonchev–Trinajstić information content (AvgIpc) is 3.49. The van der Waals surface area contributed by atoms with E-state index in [-0.39, 0.29) is 29.5 Å². The van der Waals surface area contributed by atoms with E-state index in [4.69, 9.17) is 10.2 Å². The number of carbonyl (C=O) groups is 2. The number of nitrogens with two attached hydrogens (primary N) is 1. The van der Waals surface area contributed by atoms with Gasteiger partial charge in [-0.15, -0.1) is 0 Å². The molecule has 1 aliphatic heterocycles. The molecule has 32 heavy (non-hydrogen) atoms. The summed E-state index contributed by atoms with van der Waals surface area (Å²) in [5, 5.41) is 7.49. The van der Waals surface area contributed by atoms with E-state index < -0.39 is 5.91 Å². The fourth-order valence-electron chi connectivity index (χ4n) is 3.93. The second kappa shape index (κ2) is 7.45. The zero-order valence-corrected chi connectivity index (χ0v) is 17.3. The molecule has 4 heterocycles. The lowest BCUT2D eigenvalue weighted by Crippen LogP contribution is -2.27. The minimum absolute atomic E-state index is 0.0531. The van der Waals surface area contributed by atoms with Gasteiger partial charge in [0.25, 0.3) is 5.91 Å². The van der Waals surface area contributed by atoms with Gasteiger partial charge < -0.3 is 15.1 Å². The lowest BCUT2D eigenvalue weighted by atomic mass is 10.2. The Labute approximate surface area is 181 Å². The first kappa shape index (κ1) is 19.7. The Morgan fingerprint density at radius 3 is 3.00 bits per heavy atom. The molecule has 1 atom stereocenters. The molecule has 11 nitrogen and oxygen atoms in total. The molecule has 0 saturated carbocycles. The second-order valence-corrected chi connectivity index (χ2v) is 7.63. The summed E-state index contributed by atoms with van der Waals surface area (Å²) in [5.74, 6) is -0.561. The molecule has 0 bridgehead atoms. The Hall–Kier alpha value is -4.28. The van der Waals surface area contributed by atoms with Crippen LogP contribution in [0.5, 0.6) is 0 Å². The van der Waals surface area contributed by atoms with E-state index in [2.05, 4.69) is 31.9 Å². The summed E-state index contributed by atoms with van der Waals surface area (Å²) in [7, 11) is 0. The third-order valence-electron chi connectivity index (χ3n) is 5.49. The molecule has 1 aromatic carbocycles. The van der Waals surface area contributed by atoms with Crippen molar-refractivity contribution in [3.8, 4) is 0 Å². The monoisotopic (exact) mass is 432 g/mol. The summed E-state index contributed by atoms with van der Waals surface area (Å²) in [4.78, 5) is 39.4. The molecule has 5 rings (SSSR count). The third-order valence-corrected chi connectivity index (χ3v) is 5.49. The van der Waals surface area contributed by atoms with Crippen LogP contribution in [0.4, 0.5) is 11.8 Å². The molecule has 1 unspecified atom stereocenters. The van der Waals surface area contributed by atoms with Gasteiger partial charge in [-0.1, -0.05) is 12.6 Å². The van der Waals surface area contributed by atoms with Crippen molar-refractivity contribution >= 4 is 45.8 Å². The number of aryl methyl sites for hydroxylation is 1. The Bertz CT molecular complexity index is 1390. The van der Waals surface area contributed by atoms with Crippen molar-refractivity contribution in [3.63, 3.8) is 0 Å². The van der Waals surface area contributed by atoms with Crippen LogP contribution < -0.4 is 11.1 Å². The van der Waals surface area contributed by atoms with E-state index >= 15 is 0 Å². The molecular weight excluding hydrogens is 412 g/mol. The number of nitrogens with zero attached hydrogens (tertiary/aromatic N) is 6. The number of oxazole rings is 1. The number of aromatic nitrogens is 5. The van der Waals surface area contributed by atoms with Crippen molar-refractivity contribution in [1.82, 2.24) is 29.6 Å². The van der Waals surface area contributed by atoms with Crippen molar-refractivity contribution in [3.05, 3.63) is 48.4 Å². The molecule has 162 valence electrons. The maximum Gasteiger partial charge on any atom is 0.302 e. The number of nitrogens with one attached hydrogen (secondary N) is 1. The number of fused-ring (bicyclic) bond motifs is 2. The van der Waals surface area contributed by atoms with E-state index in [9.17, 15) is 9.59 Å². The van der Waals surface area contributed by atoms with E-state index in [1.54, 1.807) is 15.6 Å². The van der Waals surface area contributed by atoms with Gasteiger partial charge >= 0.3 is 6.01 Å². The molecule has 2 amide bonds. The summed E-state index contributed by atoms with van der Waals surface area (Å²) < 4.78 is 7.26.